The molecule has 1 saturated heterocycles. The molecule has 1 aromatic carbocycles. The van der Waals surface area contributed by atoms with E-state index in [1.54, 1.807) is 19.2 Å². The van der Waals surface area contributed by atoms with Crippen LogP contribution < -0.4 is 10.1 Å². The van der Waals surface area contributed by atoms with Gasteiger partial charge in [0.15, 0.2) is 0 Å². The van der Waals surface area contributed by atoms with E-state index in [-0.39, 0.29) is 10.6 Å². The maximum atomic E-state index is 10.8. The number of nitro groups is 1. The average molecular weight is 279 g/mol. The summed E-state index contributed by atoms with van der Waals surface area (Å²) in [5.41, 5.74) is 0.927. The van der Waals surface area contributed by atoms with Gasteiger partial charge < -0.3 is 15.0 Å². The largest absolute Gasteiger partial charge is 0.496 e. The minimum atomic E-state index is -0.380. The number of benzene rings is 1. The molecule has 1 aliphatic heterocycles. The van der Waals surface area contributed by atoms with Crippen LogP contribution in [-0.4, -0.2) is 43.6 Å². The number of hydrogen-bond donors (Lipinski definition) is 1. The normalized spacial score (nSPS) is 19.2. The van der Waals surface area contributed by atoms with Crippen LogP contribution in [-0.2, 0) is 6.54 Å². The van der Waals surface area contributed by atoms with Gasteiger partial charge in [0.25, 0.3) is 5.69 Å². The van der Waals surface area contributed by atoms with E-state index in [0.29, 0.717) is 18.2 Å². The van der Waals surface area contributed by atoms with Crippen LogP contribution in [0.3, 0.4) is 0 Å². The van der Waals surface area contributed by atoms with Crippen molar-refractivity contribution in [3.05, 3.63) is 33.9 Å². The summed E-state index contributed by atoms with van der Waals surface area (Å²) in [6.45, 7) is 3.77. The summed E-state index contributed by atoms with van der Waals surface area (Å²) < 4.78 is 5.25. The maximum Gasteiger partial charge on any atom is 0.270 e. The van der Waals surface area contributed by atoms with Crippen LogP contribution in [0.5, 0.6) is 5.75 Å². The van der Waals surface area contributed by atoms with E-state index in [2.05, 4.69) is 17.3 Å². The molecule has 1 fully saturated rings. The van der Waals surface area contributed by atoms with Crippen LogP contribution in [0.15, 0.2) is 18.2 Å². The van der Waals surface area contributed by atoms with Gasteiger partial charge in [0.1, 0.15) is 5.75 Å². The van der Waals surface area contributed by atoms with E-state index in [0.717, 1.165) is 25.2 Å². The number of likely N-dealkylation sites (tertiary alicyclic amines) is 1. The second kappa shape index (κ2) is 6.67. The highest BCUT2D eigenvalue weighted by Gasteiger charge is 2.19. The third-order valence-electron chi connectivity index (χ3n) is 3.71. The van der Waals surface area contributed by atoms with E-state index in [9.17, 15) is 10.1 Å². The Morgan fingerprint density at radius 1 is 1.55 bits per heavy atom. The molecule has 1 unspecified atom stereocenters. The molecule has 0 aliphatic carbocycles. The first-order chi connectivity index (χ1) is 9.60. The lowest BCUT2D eigenvalue weighted by molar-refractivity contribution is -0.384. The highest BCUT2D eigenvalue weighted by atomic mass is 16.6. The van der Waals surface area contributed by atoms with Crippen molar-refractivity contribution in [2.45, 2.75) is 13.0 Å². The van der Waals surface area contributed by atoms with Crippen molar-refractivity contribution in [2.75, 3.05) is 33.8 Å². The summed E-state index contributed by atoms with van der Waals surface area (Å²) in [5, 5.41) is 14.2. The zero-order valence-electron chi connectivity index (χ0n) is 12.0. The second-order valence-corrected chi connectivity index (χ2v) is 5.30. The van der Waals surface area contributed by atoms with Crippen molar-refractivity contribution in [1.82, 2.24) is 10.2 Å². The van der Waals surface area contributed by atoms with E-state index in [1.807, 2.05) is 0 Å². The third-order valence-corrected chi connectivity index (χ3v) is 3.71. The molecule has 0 aromatic heterocycles. The molecule has 1 N–H and O–H groups in total. The molecule has 1 aromatic rings. The summed E-state index contributed by atoms with van der Waals surface area (Å²) in [6.07, 6.45) is 1.20. The van der Waals surface area contributed by atoms with Gasteiger partial charge in [-0.15, -0.1) is 0 Å². The fourth-order valence-electron chi connectivity index (χ4n) is 2.62. The minimum Gasteiger partial charge on any atom is -0.496 e. The molecule has 6 nitrogen and oxygen atoms in total. The molecule has 0 saturated carbocycles. The van der Waals surface area contributed by atoms with E-state index >= 15 is 0 Å². The van der Waals surface area contributed by atoms with Crippen LogP contribution in [0.2, 0.25) is 0 Å². The van der Waals surface area contributed by atoms with Gasteiger partial charge in [-0.1, -0.05) is 0 Å². The van der Waals surface area contributed by atoms with Crippen molar-refractivity contribution in [3.8, 4) is 5.75 Å². The zero-order chi connectivity index (χ0) is 14.5. The van der Waals surface area contributed by atoms with E-state index in [1.165, 1.54) is 12.5 Å². The first-order valence-corrected chi connectivity index (χ1v) is 6.80. The predicted molar refractivity (Wildman–Crippen MR) is 77.0 cm³/mol. The summed E-state index contributed by atoms with van der Waals surface area (Å²) >= 11 is 0. The Morgan fingerprint density at radius 3 is 2.95 bits per heavy atom. The van der Waals surface area contributed by atoms with Crippen molar-refractivity contribution < 1.29 is 9.66 Å². The quantitative estimate of drug-likeness (QED) is 0.633. The topological polar surface area (TPSA) is 67.6 Å². The smallest absolute Gasteiger partial charge is 0.270 e. The van der Waals surface area contributed by atoms with Crippen molar-refractivity contribution in [1.29, 1.82) is 0 Å². The van der Waals surface area contributed by atoms with E-state index in [4.69, 9.17) is 4.74 Å². The SMILES string of the molecule is COc1ccc([N+](=O)[O-])cc1CNCC1CCN(C)C1. The van der Waals surface area contributed by atoms with Gasteiger partial charge >= 0.3 is 0 Å². The van der Waals surface area contributed by atoms with Gasteiger partial charge in [0, 0.05) is 30.8 Å². The molecule has 1 atom stereocenters. The predicted octanol–water partition coefficient (Wildman–Crippen LogP) is 1.64. The molecule has 0 radical (unpaired) electrons. The molecule has 20 heavy (non-hydrogen) atoms. The van der Waals surface area contributed by atoms with Crippen LogP contribution in [0.4, 0.5) is 5.69 Å². The molecule has 2 rings (SSSR count). The second-order valence-electron chi connectivity index (χ2n) is 5.30. The van der Waals surface area contributed by atoms with Gasteiger partial charge in [0.05, 0.1) is 12.0 Å². The fourth-order valence-corrected chi connectivity index (χ4v) is 2.62. The summed E-state index contributed by atoms with van der Waals surface area (Å²) in [7, 11) is 3.71. The molecule has 0 amide bonds. The Bertz CT molecular complexity index is 479. The number of nitro benzene ring substituents is 1. The van der Waals surface area contributed by atoms with Gasteiger partial charge in [-0.05, 0) is 38.5 Å². The van der Waals surface area contributed by atoms with Crippen molar-refractivity contribution in [2.24, 2.45) is 5.92 Å². The Balaban J connectivity index is 1.93. The fraction of sp³-hybridized carbons (Fsp3) is 0.571. The summed E-state index contributed by atoms with van der Waals surface area (Å²) in [6, 6.07) is 4.69. The molecular formula is C14H21N3O3. The molecule has 0 bridgehead atoms. The highest BCUT2D eigenvalue weighted by Crippen LogP contribution is 2.24. The lowest BCUT2D eigenvalue weighted by Gasteiger charge is -2.13. The Kier molecular flexibility index (Phi) is 4.92. The third kappa shape index (κ3) is 3.68. The minimum absolute atomic E-state index is 0.100. The van der Waals surface area contributed by atoms with Crippen LogP contribution in [0, 0.1) is 16.0 Å². The number of rotatable bonds is 6. The first kappa shape index (κ1) is 14.7. The summed E-state index contributed by atoms with van der Waals surface area (Å²) in [4.78, 5) is 12.8. The Hall–Kier alpha value is -1.66. The first-order valence-electron chi connectivity index (χ1n) is 6.80. The number of nitrogens with zero attached hydrogens (tertiary/aromatic N) is 2. The number of ether oxygens (including phenoxy) is 1. The number of methoxy groups -OCH3 is 1. The van der Waals surface area contributed by atoms with Crippen molar-refractivity contribution in [3.63, 3.8) is 0 Å². The van der Waals surface area contributed by atoms with Crippen molar-refractivity contribution >= 4 is 5.69 Å². The molecule has 0 spiro atoms. The van der Waals surface area contributed by atoms with E-state index < -0.39 is 0 Å². The number of nitrogens with one attached hydrogen (secondary N) is 1. The molecule has 6 heteroatoms. The monoisotopic (exact) mass is 279 g/mol. The molecule has 1 heterocycles. The van der Waals surface area contributed by atoms with Crippen LogP contribution >= 0.6 is 0 Å². The number of hydrogen-bond acceptors (Lipinski definition) is 5. The summed E-state index contributed by atoms with van der Waals surface area (Å²) in [5.74, 6) is 1.34. The Morgan fingerprint density at radius 2 is 2.35 bits per heavy atom. The van der Waals surface area contributed by atoms with Gasteiger partial charge in [0.2, 0.25) is 0 Å². The van der Waals surface area contributed by atoms with Gasteiger partial charge in [-0.25, -0.2) is 0 Å². The average Bonchev–Trinajstić information content (AvgIpc) is 2.84. The molecule has 110 valence electrons. The highest BCUT2D eigenvalue weighted by molar-refractivity contribution is 5.43. The van der Waals surface area contributed by atoms with Crippen LogP contribution in [0.1, 0.15) is 12.0 Å². The van der Waals surface area contributed by atoms with Gasteiger partial charge in [-0.2, -0.15) is 0 Å². The standard InChI is InChI=1S/C14H21N3O3/c1-16-6-5-11(10-16)8-15-9-12-7-13(17(18)19)3-4-14(12)20-2/h3-4,7,11,15H,5-6,8-10H2,1-2H3. The number of non-ortho nitro benzene ring substituents is 1. The van der Waals surface area contributed by atoms with Crippen LogP contribution in [0.25, 0.3) is 0 Å². The zero-order valence-corrected chi connectivity index (χ0v) is 12.0. The Labute approximate surface area is 118 Å². The molecular weight excluding hydrogens is 258 g/mol. The lowest BCUT2D eigenvalue weighted by atomic mass is 10.1. The maximum absolute atomic E-state index is 10.8. The van der Waals surface area contributed by atoms with Gasteiger partial charge in [-0.3, -0.25) is 10.1 Å². The molecule has 1 aliphatic rings. The lowest BCUT2D eigenvalue weighted by Crippen LogP contribution is -2.24.